The fraction of sp³-hybridized carbons (Fsp3) is 0.158. The number of hydrogen-bond donors (Lipinski definition) is 0. The molecular weight excluding hydrogens is 1290 g/mol. The molecule has 0 saturated carbocycles. The third-order valence-electron chi connectivity index (χ3n) is 22.4. The van der Waals surface area contributed by atoms with Crippen molar-refractivity contribution in [2.45, 2.75) is 105 Å². The second kappa shape index (κ2) is 25.4. The van der Waals surface area contributed by atoms with Crippen molar-refractivity contribution in [1.82, 2.24) is 15.0 Å². The molecule has 0 atom stereocenters. The Morgan fingerprint density at radius 2 is 0.514 bits per heavy atom. The van der Waals surface area contributed by atoms with Crippen molar-refractivity contribution < 1.29 is 0 Å². The van der Waals surface area contributed by atoms with Crippen molar-refractivity contribution >= 4 is 100 Å². The summed E-state index contributed by atoms with van der Waals surface area (Å²) >= 11 is 0. The molecule has 0 spiro atoms. The minimum atomic E-state index is -0.238. The van der Waals surface area contributed by atoms with Gasteiger partial charge in [0.15, 0.2) is 17.5 Å². The van der Waals surface area contributed by atoms with Crippen molar-refractivity contribution in [3.8, 4) is 78.7 Å². The Balaban J connectivity index is 1.02. The molecule has 0 aliphatic carbocycles. The number of aromatic nitrogens is 3. The molecule has 0 amide bonds. The van der Waals surface area contributed by atoms with Crippen LogP contribution < -0.4 is 26.2 Å². The van der Waals surface area contributed by atoms with E-state index in [2.05, 4.69) is 396 Å². The number of benzene rings is 15. The number of anilines is 6. The van der Waals surface area contributed by atoms with Crippen molar-refractivity contribution in [3.05, 3.63) is 326 Å². The normalized spacial score (nSPS) is 13.0. The molecule has 2 aliphatic heterocycles. The largest absolute Gasteiger partial charge is 0.311 e. The van der Waals surface area contributed by atoms with Crippen LogP contribution in [0.25, 0.3) is 122 Å². The Kier molecular flexibility index (Phi) is 15.9. The van der Waals surface area contributed by atoms with E-state index in [4.69, 9.17) is 15.0 Å². The molecule has 518 valence electrons. The van der Waals surface area contributed by atoms with E-state index in [1.165, 1.54) is 81.7 Å². The third-order valence-corrected chi connectivity index (χ3v) is 22.4. The van der Waals surface area contributed by atoms with Crippen LogP contribution in [0.2, 0.25) is 0 Å². The maximum atomic E-state index is 5.97. The van der Waals surface area contributed by atoms with Crippen LogP contribution in [0.1, 0.15) is 105 Å². The van der Waals surface area contributed by atoms with Crippen LogP contribution in [0.5, 0.6) is 0 Å². The van der Waals surface area contributed by atoms with Crippen LogP contribution in [0, 0.1) is 0 Å². The molecule has 18 rings (SSSR count). The number of hydrogen-bond acceptors (Lipinski definition) is 5. The summed E-state index contributed by atoms with van der Waals surface area (Å²) in [4.78, 5) is 23.0. The molecule has 5 nitrogen and oxygen atoms in total. The van der Waals surface area contributed by atoms with E-state index in [0.29, 0.717) is 17.5 Å². The van der Waals surface area contributed by atoms with Crippen LogP contribution in [-0.2, 0) is 21.7 Å². The highest BCUT2D eigenvalue weighted by molar-refractivity contribution is 7.01. The van der Waals surface area contributed by atoms with Crippen LogP contribution >= 0.6 is 0 Å². The number of fused-ring (bicyclic) bond motifs is 12. The summed E-state index contributed by atoms with van der Waals surface area (Å²) < 4.78 is 0. The predicted molar refractivity (Wildman–Crippen MR) is 457 cm³/mol. The molecule has 2 aliphatic rings. The SMILES string of the molecule is CC(C)(C)c1cc(N2c3cc(-c4nc(-c5cc(-c6ccccc6)cc(-c6ccccc6)c5)nc(-c5cc(-c6ccccc6)cc(-c6ccccc6)c5)n4)cc4c3B(c3ccc5c(ccc6ccccc65)c32)c2ccc3c(ccc5ccccc53)c2N4c2cc(C(C)(C)C)cc(C(C)(C)C)c2)cc(C(C)(C)C)c1. The second-order valence-electron chi connectivity index (χ2n) is 33.7. The highest BCUT2D eigenvalue weighted by Crippen LogP contribution is 2.52. The fourth-order valence-corrected chi connectivity index (χ4v) is 16.5. The van der Waals surface area contributed by atoms with Gasteiger partial charge < -0.3 is 9.80 Å². The van der Waals surface area contributed by atoms with E-state index >= 15 is 0 Å². The Morgan fingerprint density at radius 1 is 0.234 bits per heavy atom. The first-order valence-corrected chi connectivity index (χ1v) is 37.8. The minimum absolute atomic E-state index is 0.203. The van der Waals surface area contributed by atoms with Gasteiger partial charge in [-0.05, 0) is 210 Å². The molecule has 0 saturated heterocycles. The summed E-state index contributed by atoms with van der Waals surface area (Å²) in [6.07, 6.45) is 0. The molecule has 0 radical (unpaired) electrons. The van der Waals surface area contributed by atoms with Crippen LogP contribution in [0.15, 0.2) is 303 Å². The molecule has 0 unspecified atom stereocenters. The fourth-order valence-electron chi connectivity index (χ4n) is 16.5. The average Bonchev–Trinajstić information content (AvgIpc) is 0.681. The predicted octanol–water partition coefficient (Wildman–Crippen LogP) is 25.4. The van der Waals surface area contributed by atoms with E-state index in [-0.39, 0.29) is 28.4 Å². The lowest BCUT2D eigenvalue weighted by Crippen LogP contribution is -2.61. The number of nitrogens with zero attached hydrogens (tertiary/aromatic N) is 5. The first kappa shape index (κ1) is 66.9. The molecule has 15 aromatic carbocycles. The Labute approximate surface area is 630 Å². The van der Waals surface area contributed by atoms with Gasteiger partial charge in [0.2, 0.25) is 0 Å². The smallest absolute Gasteiger partial charge is 0.252 e. The number of rotatable bonds is 9. The van der Waals surface area contributed by atoms with Crippen molar-refractivity contribution in [3.63, 3.8) is 0 Å². The van der Waals surface area contributed by atoms with E-state index in [0.717, 1.165) is 95.3 Å². The molecule has 3 heterocycles. The zero-order chi connectivity index (χ0) is 73.4. The maximum Gasteiger partial charge on any atom is 0.252 e. The summed E-state index contributed by atoms with van der Waals surface area (Å²) in [5, 5.41) is 9.64. The van der Waals surface area contributed by atoms with Gasteiger partial charge in [-0.2, -0.15) is 0 Å². The first-order valence-electron chi connectivity index (χ1n) is 37.8. The molecule has 0 N–H and O–H groups in total. The summed E-state index contributed by atoms with van der Waals surface area (Å²) in [6, 6.07) is 113. The lowest BCUT2D eigenvalue weighted by atomic mass is 9.33. The summed E-state index contributed by atoms with van der Waals surface area (Å²) in [5.41, 5.74) is 25.9. The highest BCUT2D eigenvalue weighted by atomic mass is 15.2. The standard InChI is InChI=1S/C101H86BN5/c1-98(2,3)76-57-77(99(4,5)6)60-80(59-76)106-90-55-75(97-104-95(73-51-69(63-29-17-13-18-30-63)49-70(52-73)64-31-19-14-20-32-64)103-96(105-97)74-53-71(65-33-21-15-22-34-65)50-72(54-74)66-35-23-16-24-36-66)56-91-92(90)102(88-47-45-84-82-39-27-25-37-67(82)41-43-86(84)93(88)106)89-48-46-85-83-40-28-26-38-68(83)42-44-87(85)94(89)107(91)81-61-78(100(7,8)9)58-79(62-81)101(10,11)12/h13-62H,1-12H3. The molecule has 0 fully saturated rings. The third kappa shape index (κ3) is 12.0. The van der Waals surface area contributed by atoms with E-state index < -0.39 is 0 Å². The van der Waals surface area contributed by atoms with Gasteiger partial charge in [-0.25, -0.2) is 15.0 Å². The minimum Gasteiger partial charge on any atom is -0.311 e. The highest BCUT2D eigenvalue weighted by Gasteiger charge is 2.46. The maximum absolute atomic E-state index is 5.97. The topological polar surface area (TPSA) is 45.2 Å². The van der Waals surface area contributed by atoms with E-state index in [1.54, 1.807) is 0 Å². The second-order valence-corrected chi connectivity index (χ2v) is 33.7. The zero-order valence-electron chi connectivity index (χ0n) is 63.2. The lowest BCUT2D eigenvalue weighted by molar-refractivity contribution is 0.568. The summed E-state index contributed by atoms with van der Waals surface area (Å²) in [7, 11) is 0. The summed E-state index contributed by atoms with van der Waals surface area (Å²) in [5.74, 6) is 1.69. The molecular formula is C101H86BN5. The van der Waals surface area contributed by atoms with E-state index in [9.17, 15) is 0 Å². The van der Waals surface area contributed by atoms with Crippen LogP contribution in [0.4, 0.5) is 34.1 Å². The van der Waals surface area contributed by atoms with Gasteiger partial charge in [0.05, 0.1) is 0 Å². The van der Waals surface area contributed by atoms with Gasteiger partial charge >= 0.3 is 0 Å². The quantitative estimate of drug-likeness (QED) is 0.106. The van der Waals surface area contributed by atoms with Crippen LogP contribution in [0.3, 0.4) is 0 Å². The molecule has 6 heteroatoms. The van der Waals surface area contributed by atoms with Crippen LogP contribution in [-0.4, -0.2) is 21.7 Å². The molecule has 0 bridgehead atoms. The van der Waals surface area contributed by atoms with Gasteiger partial charge in [0.1, 0.15) is 0 Å². The van der Waals surface area contributed by atoms with Crippen molar-refractivity contribution in [1.29, 1.82) is 0 Å². The first-order chi connectivity index (χ1) is 51.5. The van der Waals surface area contributed by atoms with Crippen molar-refractivity contribution in [2.75, 3.05) is 9.80 Å². The van der Waals surface area contributed by atoms with Gasteiger partial charge in [-0.1, -0.05) is 314 Å². The Bertz CT molecular complexity index is 5680. The lowest BCUT2D eigenvalue weighted by Gasteiger charge is -2.46. The van der Waals surface area contributed by atoms with E-state index in [1.807, 2.05) is 0 Å². The van der Waals surface area contributed by atoms with Gasteiger partial charge in [0, 0.05) is 61.6 Å². The summed E-state index contributed by atoms with van der Waals surface area (Å²) in [6.45, 7) is 28.0. The Hall–Kier alpha value is -12.0. The zero-order valence-corrected chi connectivity index (χ0v) is 63.2. The van der Waals surface area contributed by atoms with Gasteiger partial charge in [0.25, 0.3) is 6.71 Å². The van der Waals surface area contributed by atoms with Gasteiger partial charge in [-0.15, -0.1) is 0 Å². The monoisotopic (exact) mass is 1380 g/mol. The Morgan fingerprint density at radius 3 is 0.832 bits per heavy atom. The molecule has 1 aromatic heterocycles. The molecule has 107 heavy (non-hydrogen) atoms. The average molecular weight is 1380 g/mol. The van der Waals surface area contributed by atoms with Crippen molar-refractivity contribution in [2.24, 2.45) is 0 Å². The molecule has 16 aromatic rings. The van der Waals surface area contributed by atoms with Gasteiger partial charge in [-0.3, -0.25) is 0 Å².